The van der Waals surface area contributed by atoms with Crippen LogP contribution in [0.1, 0.15) is 12.5 Å². The number of benzene rings is 1. The largest absolute Gasteiger partial charge is 0.338 e. The number of nitrogens with one attached hydrogen (secondary N) is 1. The van der Waals surface area contributed by atoms with Gasteiger partial charge in [0, 0.05) is 19.3 Å². The first kappa shape index (κ1) is 9.62. The fraction of sp³-hybridized carbons (Fsp3) is 0.364. The number of thiocarbonyl (C=S) groups is 1. The van der Waals surface area contributed by atoms with Crippen molar-refractivity contribution in [1.82, 2.24) is 5.32 Å². The molecule has 0 amide bonds. The summed E-state index contributed by atoms with van der Waals surface area (Å²) in [6.45, 7) is 2.99. The molecular weight excluding hydrogens is 192 g/mol. The minimum absolute atomic E-state index is 0.266. The predicted molar refractivity (Wildman–Crippen MR) is 63.7 cm³/mol. The van der Waals surface area contributed by atoms with Crippen molar-refractivity contribution in [2.24, 2.45) is 0 Å². The van der Waals surface area contributed by atoms with Gasteiger partial charge in [-0.15, -0.1) is 0 Å². The van der Waals surface area contributed by atoms with E-state index in [0.717, 1.165) is 11.5 Å². The van der Waals surface area contributed by atoms with E-state index in [9.17, 15) is 0 Å². The summed E-state index contributed by atoms with van der Waals surface area (Å²) in [6, 6.07) is 8.63. The zero-order chi connectivity index (χ0) is 10.1. The average molecular weight is 206 g/mol. The highest BCUT2D eigenvalue weighted by Crippen LogP contribution is 2.22. The zero-order valence-corrected chi connectivity index (χ0v) is 9.27. The third kappa shape index (κ3) is 1.53. The summed E-state index contributed by atoms with van der Waals surface area (Å²) in [7, 11) is 2.03. The SMILES string of the molecule is CC1NCc2ccccc2N(C)C1=S. The van der Waals surface area contributed by atoms with Gasteiger partial charge in [-0.05, 0) is 18.6 Å². The smallest absolute Gasteiger partial charge is 0.0990 e. The van der Waals surface area contributed by atoms with Gasteiger partial charge in [-0.2, -0.15) is 0 Å². The molecule has 1 unspecified atom stereocenters. The first-order valence-electron chi connectivity index (χ1n) is 4.79. The van der Waals surface area contributed by atoms with Crippen LogP contribution in [-0.2, 0) is 6.54 Å². The molecule has 1 aromatic carbocycles. The van der Waals surface area contributed by atoms with Gasteiger partial charge in [-0.1, -0.05) is 30.4 Å². The van der Waals surface area contributed by atoms with Crippen molar-refractivity contribution < 1.29 is 0 Å². The second-order valence-corrected chi connectivity index (χ2v) is 4.05. The van der Waals surface area contributed by atoms with Crippen LogP contribution in [0, 0.1) is 0 Å². The van der Waals surface area contributed by atoms with Gasteiger partial charge in [0.1, 0.15) is 0 Å². The Morgan fingerprint density at radius 1 is 1.43 bits per heavy atom. The van der Waals surface area contributed by atoms with Crippen LogP contribution in [0.2, 0.25) is 0 Å². The second-order valence-electron chi connectivity index (χ2n) is 3.63. The summed E-state index contributed by atoms with van der Waals surface area (Å²) in [5.74, 6) is 0. The Labute approximate surface area is 89.9 Å². The van der Waals surface area contributed by atoms with E-state index in [1.54, 1.807) is 0 Å². The number of nitrogens with zero attached hydrogens (tertiary/aromatic N) is 1. The van der Waals surface area contributed by atoms with Crippen LogP contribution >= 0.6 is 12.2 Å². The topological polar surface area (TPSA) is 15.3 Å². The summed E-state index contributed by atoms with van der Waals surface area (Å²) in [6.07, 6.45) is 0. The monoisotopic (exact) mass is 206 g/mol. The molecule has 0 fully saturated rings. The molecule has 14 heavy (non-hydrogen) atoms. The van der Waals surface area contributed by atoms with Gasteiger partial charge in [0.15, 0.2) is 0 Å². The molecule has 2 rings (SSSR count). The Bertz CT molecular complexity index is 362. The van der Waals surface area contributed by atoms with E-state index in [-0.39, 0.29) is 6.04 Å². The highest BCUT2D eigenvalue weighted by Gasteiger charge is 2.20. The van der Waals surface area contributed by atoms with E-state index >= 15 is 0 Å². The lowest BCUT2D eigenvalue weighted by molar-refractivity contribution is 0.668. The fourth-order valence-corrected chi connectivity index (χ4v) is 1.93. The molecular formula is C11H14N2S. The number of anilines is 1. The van der Waals surface area contributed by atoms with Crippen LogP contribution in [0.5, 0.6) is 0 Å². The molecule has 1 atom stereocenters. The minimum atomic E-state index is 0.266. The van der Waals surface area contributed by atoms with Crippen molar-refractivity contribution in [3.8, 4) is 0 Å². The number of hydrogen-bond acceptors (Lipinski definition) is 2. The Balaban J connectivity index is 2.45. The molecule has 74 valence electrons. The first-order valence-corrected chi connectivity index (χ1v) is 5.20. The number of likely N-dealkylation sites (N-methyl/N-ethyl adjacent to an activating group) is 1. The van der Waals surface area contributed by atoms with Crippen molar-refractivity contribution in [3.05, 3.63) is 29.8 Å². The van der Waals surface area contributed by atoms with Crippen LogP contribution < -0.4 is 10.2 Å². The number of para-hydroxylation sites is 1. The molecule has 1 aliphatic heterocycles. The van der Waals surface area contributed by atoms with Gasteiger partial charge in [-0.25, -0.2) is 0 Å². The molecule has 0 spiro atoms. The number of rotatable bonds is 0. The van der Waals surface area contributed by atoms with Crippen LogP contribution in [0.3, 0.4) is 0 Å². The third-order valence-corrected chi connectivity index (χ3v) is 3.28. The first-order chi connectivity index (χ1) is 6.70. The highest BCUT2D eigenvalue weighted by molar-refractivity contribution is 7.80. The van der Waals surface area contributed by atoms with Crippen LogP contribution in [0.15, 0.2) is 24.3 Å². The lowest BCUT2D eigenvalue weighted by atomic mass is 10.1. The van der Waals surface area contributed by atoms with E-state index in [4.69, 9.17) is 12.2 Å². The normalized spacial score (nSPS) is 21.7. The maximum absolute atomic E-state index is 5.38. The molecule has 0 bridgehead atoms. The summed E-state index contributed by atoms with van der Waals surface area (Å²) in [4.78, 5) is 3.05. The summed E-state index contributed by atoms with van der Waals surface area (Å²) in [5.41, 5.74) is 2.52. The molecule has 1 heterocycles. The Kier molecular flexibility index (Phi) is 2.52. The van der Waals surface area contributed by atoms with Crippen LogP contribution in [0.25, 0.3) is 0 Å². The molecule has 0 aliphatic carbocycles. The average Bonchev–Trinajstić information content (AvgIpc) is 2.32. The van der Waals surface area contributed by atoms with Crippen molar-refractivity contribution in [2.45, 2.75) is 19.5 Å². The second kappa shape index (κ2) is 3.67. The molecule has 2 nitrogen and oxygen atoms in total. The fourth-order valence-electron chi connectivity index (χ4n) is 1.75. The summed E-state index contributed by atoms with van der Waals surface area (Å²) < 4.78 is 0. The molecule has 3 heteroatoms. The van der Waals surface area contributed by atoms with Gasteiger partial charge in [0.25, 0.3) is 0 Å². The van der Waals surface area contributed by atoms with Gasteiger partial charge < -0.3 is 10.2 Å². The molecule has 0 radical (unpaired) electrons. The maximum atomic E-state index is 5.38. The van der Waals surface area contributed by atoms with E-state index < -0.39 is 0 Å². The lowest BCUT2D eigenvalue weighted by Crippen LogP contribution is -2.38. The van der Waals surface area contributed by atoms with Crippen molar-refractivity contribution in [3.63, 3.8) is 0 Å². The Morgan fingerprint density at radius 3 is 2.93 bits per heavy atom. The maximum Gasteiger partial charge on any atom is 0.0990 e. The van der Waals surface area contributed by atoms with Crippen LogP contribution in [-0.4, -0.2) is 18.1 Å². The molecule has 0 aromatic heterocycles. The van der Waals surface area contributed by atoms with Crippen molar-refractivity contribution >= 4 is 22.9 Å². The Morgan fingerprint density at radius 2 is 2.14 bits per heavy atom. The minimum Gasteiger partial charge on any atom is -0.338 e. The summed E-state index contributed by atoms with van der Waals surface area (Å²) >= 11 is 5.38. The van der Waals surface area contributed by atoms with Gasteiger partial charge >= 0.3 is 0 Å². The third-order valence-electron chi connectivity index (χ3n) is 2.65. The predicted octanol–water partition coefficient (Wildman–Crippen LogP) is 1.94. The zero-order valence-electron chi connectivity index (χ0n) is 8.45. The van der Waals surface area contributed by atoms with Gasteiger partial charge in [0.05, 0.1) is 11.0 Å². The van der Waals surface area contributed by atoms with E-state index in [1.165, 1.54) is 11.3 Å². The van der Waals surface area contributed by atoms with Gasteiger partial charge in [0.2, 0.25) is 0 Å². The standard InChI is InChI=1S/C11H14N2S/c1-8-11(14)13(2)10-6-4-3-5-9(10)7-12-8/h3-6,8,12H,7H2,1-2H3. The summed E-state index contributed by atoms with van der Waals surface area (Å²) in [5, 5.41) is 3.40. The van der Waals surface area contributed by atoms with Gasteiger partial charge in [-0.3, -0.25) is 0 Å². The van der Waals surface area contributed by atoms with E-state index in [1.807, 2.05) is 13.1 Å². The molecule has 0 saturated carbocycles. The highest BCUT2D eigenvalue weighted by atomic mass is 32.1. The molecule has 1 aromatic rings. The molecule has 0 saturated heterocycles. The number of fused-ring (bicyclic) bond motifs is 1. The Hall–Kier alpha value is -0.930. The number of hydrogen-bond donors (Lipinski definition) is 1. The van der Waals surface area contributed by atoms with Crippen LogP contribution in [0.4, 0.5) is 5.69 Å². The quantitative estimate of drug-likeness (QED) is 0.653. The van der Waals surface area contributed by atoms with Crippen molar-refractivity contribution in [2.75, 3.05) is 11.9 Å². The van der Waals surface area contributed by atoms with Crippen molar-refractivity contribution in [1.29, 1.82) is 0 Å². The van der Waals surface area contributed by atoms with E-state index in [0.29, 0.717) is 0 Å². The molecule has 1 aliphatic rings. The molecule has 1 N–H and O–H groups in total. The van der Waals surface area contributed by atoms with E-state index in [2.05, 4.69) is 35.3 Å². The lowest BCUT2D eigenvalue weighted by Gasteiger charge is -2.22.